The minimum Gasteiger partial charge on any atom is -0.308 e. The predicted molar refractivity (Wildman–Crippen MR) is 68.8 cm³/mol. The molecule has 96 valence electrons. The Morgan fingerprint density at radius 1 is 1.18 bits per heavy atom. The molecule has 4 bridgehead atoms. The number of carbonyl (C=O) groups excluding carboxylic acids is 1. The molecule has 1 N–H and O–H groups in total. The van der Waals surface area contributed by atoms with Gasteiger partial charge in [-0.1, -0.05) is 6.92 Å². The van der Waals surface area contributed by atoms with Gasteiger partial charge in [0.2, 0.25) is 0 Å². The predicted octanol–water partition coefficient (Wildman–Crippen LogP) is 2.77. The zero-order valence-electron chi connectivity index (χ0n) is 11.2. The molecule has 4 aliphatic carbocycles. The van der Waals surface area contributed by atoms with Crippen LogP contribution in [-0.2, 0) is 4.79 Å². The fourth-order valence-corrected chi connectivity index (χ4v) is 5.27. The number of hydrogen-bond donors (Lipinski definition) is 1. The van der Waals surface area contributed by atoms with Crippen molar-refractivity contribution in [2.24, 2.45) is 23.2 Å². The summed E-state index contributed by atoms with van der Waals surface area (Å²) in [7, 11) is 0. The highest BCUT2D eigenvalue weighted by Gasteiger charge is 2.54. The Morgan fingerprint density at radius 2 is 1.65 bits per heavy atom. The summed E-state index contributed by atoms with van der Waals surface area (Å²) in [6, 6.07) is 0.0660. The van der Waals surface area contributed by atoms with Gasteiger partial charge >= 0.3 is 0 Å². The summed E-state index contributed by atoms with van der Waals surface area (Å²) in [6.45, 7) is 5.05. The molecule has 4 saturated carbocycles. The van der Waals surface area contributed by atoms with Crippen LogP contribution in [0.2, 0.25) is 0 Å². The molecule has 0 spiro atoms. The van der Waals surface area contributed by atoms with E-state index in [9.17, 15) is 4.79 Å². The fraction of sp³-hybridized carbons (Fsp3) is 0.933. The Balaban J connectivity index is 1.79. The van der Waals surface area contributed by atoms with Crippen LogP contribution in [0.5, 0.6) is 0 Å². The van der Waals surface area contributed by atoms with Crippen molar-refractivity contribution in [2.75, 3.05) is 6.54 Å². The summed E-state index contributed by atoms with van der Waals surface area (Å²) in [5, 5.41) is 3.32. The molecule has 17 heavy (non-hydrogen) atoms. The van der Waals surface area contributed by atoms with Crippen LogP contribution in [0.25, 0.3) is 0 Å². The van der Waals surface area contributed by atoms with Crippen LogP contribution in [0.3, 0.4) is 0 Å². The molecule has 0 aromatic rings. The first-order chi connectivity index (χ1) is 8.13. The van der Waals surface area contributed by atoms with Gasteiger partial charge in [0, 0.05) is 5.41 Å². The molecule has 1 atom stereocenters. The average molecular weight is 235 g/mol. The highest BCUT2D eigenvalue weighted by atomic mass is 16.1. The third-order valence-corrected chi connectivity index (χ3v) is 5.46. The highest BCUT2D eigenvalue weighted by Crippen LogP contribution is 2.60. The van der Waals surface area contributed by atoms with E-state index in [0.29, 0.717) is 5.78 Å². The van der Waals surface area contributed by atoms with E-state index in [1.165, 1.54) is 38.5 Å². The van der Waals surface area contributed by atoms with Gasteiger partial charge in [-0.15, -0.1) is 0 Å². The van der Waals surface area contributed by atoms with Crippen LogP contribution in [0.1, 0.15) is 52.4 Å². The van der Waals surface area contributed by atoms with Gasteiger partial charge in [-0.05, 0) is 69.7 Å². The first-order valence-electron chi connectivity index (χ1n) is 7.40. The summed E-state index contributed by atoms with van der Waals surface area (Å²) >= 11 is 0. The molecular weight excluding hydrogens is 210 g/mol. The number of nitrogens with one attached hydrogen (secondary N) is 1. The van der Waals surface area contributed by atoms with Gasteiger partial charge in [0.1, 0.15) is 0 Å². The minimum atomic E-state index is 0.0660. The van der Waals surface area contributed by atoms with E-state index < -0.39 is 0 Å². The van der Waals surface area contributed by atoms with Crippen LogP contribution in [0, 0.1) is 23.2 Å². The number of likely N-dealkylation sites (N-methyl/N-ethyl adjacent to an activating group) is 1. The van der Waals surface area contributed by atoms with E-state index in [-0.39, 0.29) is 11.5 Å². The molecule has 0 heterocycles. The average Bonchev–Trinajstić information content (AvgIpc) is 2.26. The first kappa shape index (κ1) is 11.7. The quantitative estimate of drug-likeness (QED) is 0.812. The maximum atomic E-state index is 12.7. The third kappa shape index (κ3) is 1.85. The van der Waals surface area contributed by atoms with Gasteiger partial charge in [-0.25, -0.2) is 0 Å². The lowest BCUT2D eigenvalue weighted by atomic mass is 9.48. The third-order valence-electron chi connectivity index (χ3n) is 5.46. The van der Waals surface area contributed by atoms with Crippen molar-refractivity contribution < 1.29 is 4.79 Å². The van der Waals surface area contributed by atoms with Crippen molar-refractivity contribution in [1.82, 2.24) is 5.32 Å². The Bertz CT molecular complexity index is 288. The fourth-order valence-electron chi connectivity index (χ4n) is 5.27. The van der Waals surface area contributed by atoms with Crippen LogP contribution in [0.4, 0.5) is 0 Å². The lowest BCUT2D eigenvalue weighted by molar-refractivity contribution is -0.145. The maximum Gasteiger partial charge on any atom is 0.155 e. The summed E-state index contributed by atoms with van der Waals surface area (Å²) in [5.41, 5.74) is 0.0797. The molecule has 1 unspecified atom stereocenters. The molecular formula is C15H25NO. The van der Waals surface area contributed by atoms with E-state index in [1.54, 1.807) is 0 Å². The molecule has 4 aliphatic rings. The second-order valence-corrected chi connectivity index (χ2v) is 6.84. The van der Waals surface area contributed by atoms with Crippen molar-refractivity contribution in [3.05, 3.63) is 0 Å². The maximum absolute atomic E-state index is 12.7. The number of hydrogen-bond acceptors (Lipinski definition) is 2. The van der Waals surface area contributed by atoms with E-state index in [2.05, 4.69) is 19.2 Å². The van der Waals surface area contributed by atoms with Crippen LogP contribution < -0.4 is 5.32 Å². The molecule has 2 nitrogen and oxygen atoms in total. The molecule has 0 saturated heterocycles. The van der Waals surface area contributed by atoms with E-state index in [4.69, 9.17) is 0 Å². The number of carbonyl (C=O) groups is 1. The van der Waals surface area contributed by atoms with Crippen LogP contribution in [0.15, 0.2) is 0 Å². The zero-order chi connectivity index (χ0) is 12.0. The molecule has 0 aliphatic heterocycles. The summed E-state index contributed by atoms with van der Waals surface area (Å²) in [5.74, 6) is 3.15. The Kier molecular flexibility index (Phi) is 2.81. The Morgan fingerprint density at radius 3 is 2.06 bits per heavy atom. The summed E-state index contributed by atoms with van der Waals surface area (Å²) in [6.07, 6.45) is 7.86. The molecule has 2 heteroatoms. The van der Waals surface area contributed by atoms with Crippen molar-refractivity contribution in [2.45, 2.75) is 58.4 Å². The monoisotopic (exact) mass is 235 g/mol. The van der Waals surface area contributed by atoms with Gasteiger partial charge in [-0.3, -0.25) is 4.79 Å². The number of rotatable bonds is 4. The Labute approximate surface area is 105 Å². The molecule has 4 fully saturated rings. The van der Waals surface area contributed by atoms with Crippen molar-refractivity contribution in [3.8, 4) is 0 Å². The number of Topliss-reactive ketones (excluding diaryl/α,β-unsaturated/α-hetero) is 1. The van der Waals surface area contributed by atoms with Crippen molar-refractivity contribution in [3.63, 3.8) is 0 Å². The van der Waals surface area contributed by atoms with E-state index in [1.807, 2.05) is 0 Å². The molecule has 0 aromatic carbocycles. The van der Waals surface area contributed by atoms with Crippen LogP contribution in [-0.4, -0.2) is 18.4 Å². The zero-order valence-corrected chi connectivity index (χ0v) is 11.2. The van der Waals surface area contributed by atoms with E-state index in [0.717, 1.165) is 24.3 Å². The molecule has 0 amide bonds. The second kappa shape index (κ2) is 4.08. The van der Waals surface area contributed by atoms with Gasteiger partial charge in [0.05, 0.1) is 6.04 Å². The summed E-state index contributed by atoms with van der Waals surface area (Å²) < 4.78 is 0. The van der Waals surface area contributed by atoms with Crippen molar-refractivity contribution >= 4 is 5.78 Å². The normalized spacial score (nSPS) is 44.9. The molecule has 0 aromatic heterocycles. The lowest BCUT2D eigenvalue weighted by Crippen LogP contribution is -2.54. The van der Waals surface area contributed by atoms with Gasteiger partial charge < -0.3 is 5.32 Å². The summed E-state index contributed by atoms with van der Waals surface area (Å²) in [4.78, 5) is 12.7. The topological polar surface area (TPSA) is 29.1 Å². The number of ketones is 1. The lowest BCUT2D eigenvalue weighted by Gasteiger charge is -2.56. The Hall–Kier alpha value is -0.370. The van der Waals surface area contributed by atoms with Gasteiger partial charge in [-0.2, -0.15) is 0 Å². The highest BCUT2D eigenvalue weighted by molar-refractivity contribution is 5.89. The first-order valence-corrected chi connectivity index (χ1v) is 7.40. The van der Waals surface area contributed by atoms with E-state index >= 15 is 0 Å². The van der Waals surface area contributed by atoms with Gasteiger partial charge in [0.15, 0.2) is 5.78 Å². The second-order valence-electron chi connectivity index (χ2n) is 6.84. The smallest absolute Gasteiger partial charge is 0.155 e. The molecule has 0 radical (unpaired) electrons. The minimum absolute atomic E-state index is 0.0660. The van der Waals surface area contributed by atoms with Crippen LogP contribution >= 0.6 is 0 Å². The SMILES string of the molecule is CCNC(C)C(=O)C12CC3CC(CC(C3)C1)C2. The standard InChI is InChI=1S/C15H25NO/c1-3-16-10(2)14(17)15-7-11-4-12(8-15)6-13(5-11)9-15/h10-13,16H,3-9H2,1-2H3. The van der Waals surface area contributed by atoms with Crippen molar-refractivity contribution in [1.29, 1.82) is 0 Å². The largest absolute Gasteiger partial charge is 0.308 e. The van der Waals surface area contributed by atoms with Gasteiger partial charge in [0.25, 0.3) is 0 Å². The molecule has 4 rings (SSSR count).